The minimum Gasteiger partial charge on any atom is -0.384 e. The van der Waals surface area contributed by atoms with E-state index in [0.29, 0.717) is 18.2 Å². The lowest BCUT2D eigenvalue weighted by molar-refractivity contribution is -0.137. The molecule has 2 rings (SSSR count). The number of anilines is 2. The van der Waals surface area contributed by atoms with Crippen LogP contribution in [0.4, 0.5) is 29.1 Å². The lowest BCUT2D eigenvalue weighted by Gasteiger charge is -2.11. The van der Waals surface area contributed by atoms with E-state index in [2.05, 4.69) is 10.3 Å². The smallest absolute Gasteiger partial charge is 0.384 e. The Morgan fingerprint density at radius 3 is 2.52 bits per heavy atom. The second-order valence-electron chi connectivity index (χ2n) is 4.12. The van der Waals surface area contributed by atoms with Gasteiger partial charge >= 0.3 is 6.18 Å². The number of hydrogen-bond acceptors (Lipinski definition) is 3. The predicted octanol–water partition coefficient (Wildman–Crippen LogP) is 3.07. The summed E-state index contributed by atoms with van der Waals surface area (Å²) in [5, 5.41) is 2.07. The van der Waals surface area contributed by atoms with E-state index in [1.165, 1.54) is 18.3 Å². The Labute approximate surface area is 116 Å². The predicted molar refractivity (Wildman–Crippen MR) is 68.0 cm³/mol. The number of pyridine rings is 1. The van der Waals surface area contributed by atoms with Gasteiger partial charge < -0.3 is 11.1 Å². The number of aromatic nitrogens is 1. The third-order valence-electron chi connectivity index (χ3n) is 2.59. The molecule has 1 amide bonds. The molecule has 1 aromatic carbocycles. The molecular weight excluding hydrogens is 290 g/mol. The molecule has 4 nitrogen and oxygen atoms in total. The van der Waals surface area contributed by atoms with Gasteiger partial charge in [0.05, 0.1) is 11.3 Å². The molecule has 0 spiro atoms. The Kier molecular flexibility index (Phi) is 3.79. The Morgan fingerprint density at radius 1 is 1.19 bits per heavy atom. The molecule has 0 fully saturated rings. The molecule has 0 radical (unpaired) electrons. The normalized spacial score (nSPS) is 11.2. The Bertz CT molecular complexity index is 685. The van der Waals surface area contributed by atoms with Crippen LogP contribution in [0, 0.1) is 5.82 Å². The van der Waals surface area contributed by atoms with Gasteiger partial charge in [-0.05, 0) is 30.3 Å². The van der Waals surface area contributed by atoms with E-state index in [4.69, 9.17) is 5.73 Å². The van der Waals surface area contributed by atoms with E-state index in [-0.39, 0.29) is 11.4 Å². The van der Waals surface area contributed by atoms with Crippen molar-refractivity contribution in [3.63, 3.8) is 0 Å². The van der Waals surface area contributed by atoms with Crippen molar-refractivity contribution in [3.8, 4) is 0 Å². The summed E-state index contributed by atoms with van der Waals surface area (Å²) in [5.41, 5.74) is 3.82. The van der Waals surface area contributed by atoms with Crippen LogP contribution in [0.2, 0.25) is 0 Å². The summed E-state index contributed by atoms with van der Waals surface area (Å²) in [6.45, 7) is 0. The molecular formula is C13H9F4N3O. The first kappa shape index (κ1) is 14.8. The molecule has 0 aliphatic carbocycles. The quantitative estimate of drug-likeness (QED) is 0.837. The molecule has 21 heavy (non-hydrogen) atoms. The van der Waals surface area contributed by atoms with Crippen LogP contribution in [0.1, 0.15) is 15.9 Å². The number of amides is 1. The SMILES string of the molecule is Nc1cc(C(=O)Nc2cc(C(F)(F)F)ccc2F)ccn1. The number of alkyl halides is 3. The summed E-state index contributed by atoms with van der Waals surface area (Å²) in [6, 6.07) is 4.28. The summed E-state index contributed by atoms with van der Waals surface area (Å²) in [6.07, 6.45) is -3.37. The Morgan fingerprint density at radius 2 is 1.90 bits per heavy atom. The number of nitrogens with zero attached hydrogens (tertiary/aromatic N) is 1. The zero-order chi connectivity index (χ0) is 15.6. The van der Waals surface area contributed by atoms with E-state index in [9.17, 15) is 22.4 Å². The maximum absolute atomic E-state index is 13.5. The molecule has 0 aliphatic heterocycles. The molecule has 110 valence electrons. The van der Waals surface area contributed by atoms with Crippen LogP contribution >= 0.6 is 0 Å². The van der Waals surface area contributed by atoms with Crippen molar-refractivity contribution in [1.82, 2.24) is 4.98 Å². The number of rotatable bonds is 2. The fourth-order valence-corrected chi connectivity index (χ4v) is 1.58. The van der Waals surface area contributed by atoms with Gasteiger partial charge in [-0.25, -0.2) is 9.37 Å². The zero-order valence-corrected chi connectivity index (χ0v) is 10.4. The number of carbonyl (C=O) groups excluding carboxylic acids is 1. The average molecular weight is 299 g/mol. The molecule has 0 unspecified atom stereocenters. The van der Waals surface area contributed by atoms with Crippen molar-refractivity contribution in [2.75, 3.05) is 11.1 Å². The standard InChI is InChI=1S/C13H9F4N3O/c14-9-2-1-8(13(15,16)17)6-10(9)20-12(21)7-3-4-19-11(18)5-7/h1-6H,(H2,18,19)(H,20,21). The number of hydrogen-bond donors (Lipinski definition) is 2. The fourth-order valence-electron chi connectivity index (χ4n) is 1.58. The van der Waals surface area contributed by atoms with Crippen LogP contribution in [0.5, 0.6) is 0 Å². The van der Waals surface area contributed by atoms with Gasteiger partial charge in [-0.15, -0.1) is 0 Å². The largest absolute Gasteiger partial charge is 0.416 e. The first-order valence-corrected chi connectivity index (χ1v) is 5.67. The van der Waals surface area contributed by atoms with Crippen LogP contribution in [0.15, 0.2) is 36.5 Å². The van der Waals surface area contributed by atoms with Gasteiger partial charge in [-0.3, -0.25) is 4.79 Å². The monoisotopic (exact) mass is 299 g/mol. The molecule has 0 atom stereocenters. The van der Waals surface area contributed by atoms with E-state index < -0.39 is 29.2 Å². The highest BCUT2D eigenvalue weighted by atomic mass is 19.4. The Hall–Kier alpha value is -2.64. The van der Waals surface area contributed by atoms with Crippen molar-refractivity contribution in [1.29, 1.82) is 0 Å². The number of benzene rings is 1. The van der Waals surface area contributed by atoms with Crippen molar-refractivity contribution in [2.24, 2.45) is 0 Å². The van der Waals surface area contributed by atoms with Gasteiger partial charge in [-0.2, -0.15) is 13.2 Å². The maximum atomic E-state index is 13.5. The third-order valence-corrected chi connectivity index (χ3v) is 2.59. The molecule has 2 aromatic rings. The summed E-state index contributed by atoms with van der Waals surface area (Å²) in [4.78, 5) is 15.5. The van der Waals surface area contributed by atoms with Gasteiger partial charge in [0.15, 0.2) is 0 Å². The zero-order valence-electron chi connectivity index (χ0n) is 10.4. The summed E-state index contributed by atoms with van der Waals surface area (Å²) < 4.78 is 51.2. The van der Waals surface area contributed by atoms with E-state index in [1.807, 2.05) is 0 Å². The van der Waals surface area contributed by atoms with Gasteiger partial charge in [0.25, 0.3) is 5.91 Å². The minimum absolute atomic E-state index is 0.0549. The fraction of sp³-hybridized carbons (Fsp3) is 0.0769. The number of halogens is 4. The third kappa shape index (κ3) is 3.47. The van der Waals surface area contributed by atoms with Crippen molar-refractivity contribution < 1.29 is 22.4 Å². The van der Waals surface area contributed by atoms with Crippen LogP contribution in [-0.2, 0) is 6.18 Å². The maximum Gasteiger partial charge on any atom is 0.416 e. The van der Waals surface area contributed by atoms with E-state index in [0.717, 1.165) is 0 Å². The van der Waals surface area contributed by atoms with Crippen molar-refractivity contribution in [3.05, 3.63) is 53.5 Å². The molecule has 8 heteroatoms. The van der Waals surface area contributed by atoms with Crippen LogP contribution in [0.25, 0.3) is 0 Å². The Balaban J connectivity index is 2.29. The lowest BCUT2D eigenvalue weighted by Crippen LogP contribution is -2.15. The molecule has 0 saturated carbocycles. The topological polar surface area (TPSA) is 68.0 Å². The highest BCUT2D eigenvalue weighted by molar-refractivity contribution is 6.04. The summed E-state index contributed by atoms with van der Waals surface area (Å²) >= 11 is 0. The van der Waals surface area contributed by atoms with E-state index in [1.54, 1.807) is 0 Å². The summed E-state index contributed by atoms with van der Waals surface area (Å²) in [5.74, 6) is -1.70. The van der Waals surface area contributed by atoms with Gasteiger partial charge in [0.1, 0.15) is 11.6 Å². The number of carbonyl (C=O) groups is 1. The molecule has 0 aliphatic rings. The first-order valence-electron chi connectivity index (χ1n) is 5.67. The molecule has 0 bridgehead atoms. The van der Waals surface area contributed by atoms with Crippen LogP contribution in [-0.4, -0.2) is 10.9 Å². The van der Waals surface area contributed by atoms with E-state index >= 15 is 0 Å². The number of nitrogen functional groups attached to an aromatic ring is 1. The van der Waals surface area contributed by atoms with Crippen LogP contribution in [0.3, 0.4) is 0 Å². The highest BCUT2D eigenvalue weighted by Gasteiger charge is 2.31. The van der Waals surface area contributed by atoms with Crippen LogP contribution < -0.4 is 11.1 Å². The number of nitrogens with one attached hydrogen (secondary N) is 1. The van der Waals surface area contributed by atoms with Crippen molar-refractivity contribution in [2.45, 2.75) is 6.18 Å². The minimum atomic E-state index is -4.63. The summed E-state index contributed by atoms with van der Waals surface area (Å²) in [7, 11) is 0. The van der Waals surface area contributed by atoms with Gasteiger partial charge in [0.2, 0.25) is 0 Å². The van der Waals surface area contributed by atoms with Gasteiger partial charge in [-0.1, -0.05) is 0 Å². The lowest BCUT2D eigenvalue weighted by atomic mass is 10.1. The average Bonchev–Trinajstić information content (AvgIpc) is 2.40. The first-order chi connectivity index (χ1) is 9.77. The molecule has 0 saturated heterocycles. The number of nitrogens with two attached hydrogens (primary N) is 1. The second-order valence-corrected chi connectivity index (χ2v) is 4.12. The molecule has 3 N–H and O–H groups in total. The van der Waals surface area contributed by atoms with Crippen molar-refractivity contribution >= 4 is 17.4 Å². The van der Waals surface area contributed by atoms with Gasteiger partial charge in [0, 0.05) is 11.8 Å². The second kappa shape index (κ2) is 5.39. The highest BCUT2D eigenvalue weighted by Crippen LogP contribution is 2.31. The molecule has 1 aromatic heterocycles. The molecule has 1 heterocycles.